The van der Waals surface area contributed by atoms with Crippen LogP contribution in [0.3, 0.4) is 0 Å². The highest BCUT2D eigenvalue weighted by Crippen LogP contribution is 2.29. The fraction of sp³-hybridized carbons (Fsp3) is 0.409. The van der Waals surface area contributed by atoms with Crippen molar-refractivity contribution >= 4 is 28.7 Å². The first-order valence-corrected chi connectivity index (χ1v) is 10.9. The summed E-state index contributed by atoms with van der Waals surface area (Å²) in [5.74, 6) is 2.04. The molecule has 1 aliphatic carbocycles. The van der Waals surface area contributed by atoms with E-state index in [0.717, 1.165) is 33.9 Å². The molecular weight excluding hydrogens is 368 g/mol. The number of aromatic amines is 1. The van der Waals surface area contributed by atoms with Crippen molar-refractivity contribution < 1.29 is 4.79 Å². The zero-order valence-electron chi connectivity index (χ0n) is 16.3. The maximum Gasteiger partial charge on any atom is 0.251 e. The number of aromatic nitrogens is 3. The Morgan fingerprint density at radius 3 is 2.82 bits per heavy atom. The summed E-state index contributed by atoms with van der Waals surface area (Å²) in [6.07, 6.45) is 7.08. The fourth-order valence-corrected chi connectivity index (χ4v) is 4.68. The third-order valence-electron chi connectivity index (χ3n) is 5.88. The van der Waals surface area contributed by atoms with E-state index in [0.29, 0.717) is 11.8 Å². The van der Waals surface area contributed by atoms with Crippen molar-refractivity contribution in [1.29, 1.82) is 0 Å². The highest BCUT2D eigenvalue weighted by molar-refractivity contribution is 7.98. The van der Waals surface area contributed by atoms with E-state index in [1.54, 1.807) is 24.2 Å². The van der Waals surface area contributed by atoms with Gasteiger partial charge in [-0.25, -0.2) is 4.98 Å². The van der Waals surface area contributed by atoms with Crippen LogP contribution < -0.4 is 5.32 Å². The summed E-state index contributed by atoms with van der Waals surface area (Å²) in [4.78, 5) is 24.5. The maximum absolute atomic E-state index is 12.6. The van der Waals surface area contributed by atoms with Gasteiger partial charge in [0, 0.05) is 23.6 Å². The maximum atomic E-state index is 12.6. The molecule has 1 aliphatic rings. The first kappa shape index (κ1) is 19.0. The Balaban J connectivity index is 1.34. The molecule has 2 aromatic heterocycles. The molecule has 2 heterocycles. The van der Waals surface area contributed by atoms with Crippen molar-refractivity contribution in [3.8, 4) is 0 Å². The molecule has 0 bridgehead atoms. The molecule has 0 spiro atoms. The lowest BCUT2D eigenvalue weighted by Gasteiger charge is -2.34. The quantitative estimate of drug-likeness (QED) is 0.610. The van der Waals surface area contributed by atoms with Crippen molar-refractivity contribution in [2.24, 2.45) is 11.8 Å². The number of imidazole rings is 1. The lowest BCUT2D eigenvalue weighted by atomic mass is 9.78. The third-order valence-corrected chi connectivity index (χ3v) is 6.82. The summed E-state index contributed by atoms with van der Waals surface area (Å²) in [6, 6.07) is 10.1. The second kappa shape index (κ2) is 8.35. The van der Waals surface area contributed by atoms with Gasteiger partial charge in [-0.05, 0) is 42.0 Å². The molecule has 1 fully saturated rings. The highest BCUT2D eigenvalue weighted by atomic mass is 32.2. The largest absolute Gasteiger partial charge is 0.349 e. The number of nitrogens with one attached hydrogen (secondary N) is 2. The van der Waals surface area contributed by atoms with Gasteiger partial charge < -0.3 is 10.3 Å². The smallest absolute Gasteiger partial charge is 0.251 e. The second-order valence-electron chi connectivity index (χ2n) is 7.77. The molecule has 6 heteroatoms. The minimum Gasteiger partial charge on any atom is -0.349 e. The molecule has 28 heavy (non-hydrogen) atoms. The number of hydrogen-bond acceptors (Lipinski definition) is 4. The molecule has 3 aromatic rings. The van der Waals surface area contributed by atoms with E-state index in [4.69, 9.17) is 0 Å². The Labute approximate surface area is 169 Å². The number of H-pyrrole nitrogens is 1. The number of hydrogen-bond donors (Lipinski definition) is 2. The first-order valence-electron chi connectivity index (χ1n) is 9.92. The van der Waals surface area contributed by atoms with E-state index < -0.39 is 0 Å². The van der Waals surface area contributed by atoms with E-state index in [-0.39, 0.29) is 11.9 Å². The van der Waals surface area contributed by atoms with E-state index in [2.05, 4.69) is 34.1 Å². The number of nitrogens with zero attached hydrogens (tertiary/aromatic N) is 2. The predicted octanol–water partition coefficient (Wildman–Crippen LogP) is 4.80. The molecule has 5 nitrogen and oxygen atoms in total. The van der Waals surface area contributed by atoms with Crippen LogP contribution in [0, 0.1) is 11.8 Å². The molecule has 1 aromatic carbocycles. The van der Waals surface area contributed by atoms with Gasteiger partial charge in [-0.15, -0.1) is 0 Å². The van der Waals surface area contributed by atoms with E-state index in [9.17, 15) is 4.79 Å². The Kier molecular flexibility index (Phi) is 5.67. The summed E-state index contributed by atoms with van der Waals surface area (Å²) in [7, 11) is 0. The van der Waals surface area contributed by atoms with E-state index >= 15 is 0 Å². The van der Waals surface area contributed by atoms with Crippen molar-refractivity contribution in [2.45, 2.75) is 50.1 Å². The SMILES string of the molecule is C[C@H]1[C@H](C)CCC[C@H]1NC(=O)c1ccc(CSc2nc3ccncc3[nH]2)cc1. The molecule has 0 radical (unpaired) electrons. The topological polar surface area (TPSA) is 70.7 Å². The Bertz CT molecular complexity index is 920. The lowest BCUT2D eigenvalue weighted by Crippen LogP contribution is -2.43. The van der Waals surface area contributed by atoms with Crippen molar-refractivity contribution in [3.63, 3.8) is 0 Å². The van der Waals surface area contributed by atoms with Gasteiger partial charge in [-0.3, -0.25) is 9.78 Å². The van der Waals surface area contributed by atoms with Crippen molar-refractivity contribution in [2.75, 3.05) is 0 Å². The number of amides is 1. The zero-order valence-corrected chi connectivity index (χ0v) is 17.1. The Morgan fingerprint density at radius 1 is 1.21 bits per heavy atom. The second-order valence-corrected chi connectivity index (χ2v) is 8.73. The molecule has 0 unspecified atom stereocenters. The molecule has 2 N–H and O–H groups in total. The van der Waals surface area contributed by atoms with Crippen molar-refractivity contribution in [3.05, 3.63) is 53.9 Å². The number of thioether (sulfide) groups is 1. The number of carbonyl (C=O) groups is 1. The van der Waals surface area contributed by atoms with Gasteiger partial charge in [-0.1, -0.05) is 50.6 Å². The lowest BCUT2D eigenvalue weighted by molar-refractivity contribution is 0.0891. The number of pyridine rings is 1. The fourth-order valence-electron chi connectivity index (χ4n) is 3.84. The van der Waals surface area contributed by atoms with Gasteiger partial charge in [0.15, 0.2) is 5.16 Å². The van der Waals surface area contributed by atoms with Gasteiger partial charge >= 0.3 is 0 Å². The molecule has 0 aliphatic heterocycles. The molecule has 1 saturated carbocycles. The zero-order chi connectivity index (χ0) is 19.5. The van der Waals surface area contributed by atoms with Gasteiger partial charge in [0.2, 0.25) is 0 Å². The molecular formula is C22H26N4OS. The summed E-state index contributed by atoms with van der Waals surface area (Å²) in [5, 5.41) is 4.12. The number of fused-ring (bicyclic) bond motifs is 1. The number of rotatable bonds is 5. The minimum absolute atomic E-state index is 0.0370. The van der Waals surface area contributed by atoms with Crippen LogP contribution in [0.15, 0.2) is 47.9 Å². The van der Waals surface area contributed by atoms with Crippen LogP contribution in [0.2, 0.25) is 0 Å². The summed E-state index contributed by atoms with van der Waals surface area (Å²) < 4.78 is 0. The molecule has 146 valence electrons. The van der Waals surface area contributed by atoms with Gasteiger partial charge in [0.1, 0.15) is 0 Å². The normalized spacial score (nSPS) is 22.3. The van der Waals surface area contributed by atoms with Crippen LogP contribution in [0.25, 0.3) is 11.0 Å². The van der Waals surface area contributed by atoms with Gasteiger partial charge in [0.25, 0.3) is 5.91 Å². The van der Waals surface area contributed by atoms with Crippen LogP contribution in [0.1, 0.15) is 49.0 Å². The van der Waals surface area contributed by atoms with Gasteiger partial charge in [-0.2, -0.15) is 0 Å². The monoisotopic (exact) mass is 394 g/mol. The summed E-state index contributed by atoms with van der Waals surface area (Å²) >= 11 is 1.65. The summed E-state index contributed by atoms with van der Waals surface area (Å²) in [6.45, 7) is 4.54. The van der Waals surface area contributed by atoms with Crippen LogP contribution in [0.4, 0.5) is 0 Å². The number of carbonyl (C=O) groups excluding carboxylic acids is 1. The average molecular weight is 395 g/mol. The molecule has 4 rings (SSSR count). The Morgan fingerprint density at radius 2 is 2.04 bits per heavy atom. The predicted molar refractivity (Wildman–Crippen MR) is 113 cm³/mol. The van der Waals surface area contributed by atoms with Crippen LogP contribution in [-0.2, 0) is 5.75 Å². The third kappa shape index (κ3) is 4.22. The van der Waals surface area contributed by atoms with Crippen molar-refractivity contribution in [1.82, 2.24) is 20.3 Å². The van der Waals surface area contributed by atoms with E-state index in [1.807, 2.05) is 30.3 Å². The highest BCUT2D eigenvalue weighted by Gasteiger charge is 2.28. The molecule has 0 saturated heterocycles. The van der Waals surface area contributed by atoms with Crippen LogP contribution in [0.5, 0.6) is 0 Å². The molecule has 1 amide bonds. The minimum atomic E-state index is 0.0370. The number of benzene rings is 1. The van der Waals surface area contributed by atoms with Crippen LogP contribution in [-0.4, -0.2) is 26.9 Å². The first-order chi connectivity index (χ1) is 13.6. The Hall–Kier alpha value is -2.34. The van der Waals surface area contributed by atoms with Crippen LogP contribution >= 0.6 is 11.8 Å². The summed E-state index contributed by atoms with van der Waals surface area (Å²) in [5.41, 5.74) is 3.77. The van der Waals surface area contributed by atoms with Gasteiger partial charge in [0.05, 0.1) is 17.2 Å². The van der Waals surface area contributed by atoms with E-state index in [1.165, 1.54) is 18.4 Å². The standard InChI is InChI=1S/C22H26N4OS/c1-14-4-3-5-18(15(14)2)24-21(27)17-8-6-16(7-9-17)13-28-22-25-19-10-11-23-12-20(19)26-22/h6-12,14-15,18H,3-5,13H2,1-2H3,(H,24,27)(H,25,26)/t14-,15+,18-/m1/s1. The molecule has 3 atom stereocenters. The average Bonchev–Trinajstić information content (AvgIpc) is 3.13.